The van der Waals surface area contributed by atoms with E-state index >= 15 is 0 Å². The summed E-state index contributed by atoms with van der Waals surface area (Å²) in [7, 11) is 0. The summed E-state index contributed by atoms with van der Waals surface area (Å²) in [6.07, 6.45) is 0.786. The number of hydrogen-bond donors (Lipinski definition) is 0. The van der Waals surface area contributed by atoms with Crippen LogP contribution < -0.4 is 4.74 Å². The van der Waals surface area contributed by atoms with E-state index in [4.69, 9.17) is 10.00 Å². The third-order valence-electron chi connectivity index (χ3n) is 2.48. The number of nitriles is 1. The Balaban J connectivity index is 2.02. The van der Waals surface area contributed by atoms with E-state index in [-0.39, 0.29) is 0 Å². The molecule has 0 aliphatic rings. The first kappa shape index (κ1) is 11.9. The van der Waals surface area contributed by atoms with Gasteiger partial charge in [0.1, 0.15) is 18.6 Å². The third-order valence-corrected chi connectivity index (χ3v) is 2.48. The van der Waals surface area contributed by atoms with Crippen molar-refractivity contribution in [3.8, 4) is 11.8 Å². The van der Waals surface area contributed by atoms with E-state index in [2.05, 4.69) is 6.07 Å². The molecular formula is C15H11NO2. The molecule has 0 N–H and O–H groups in total. The number of aldehydes is 1. The van der Waals surface area contributed by atoms with Gasteiger partial charge in [0.25, 0.3) is 0 Å². The molecule has 0 unspecified atom stereocenters. The fourth-order valence-electron chi connectivity index (χ4n) is 1.52. The molecule has 0 radical (unpaired) electrons. The predicted octanol–water partition coefficient (Wildman–Crippen LogP) is 2.95. The molecule has 0 aromatic heterocycles. The van der Waals surface area contributed by atoms with Crippen molar-refractivity contribution in [1.29, 1.82) is 5.26 Å². The monoisotopic (exact) mass is 237 g/mol. The van der Waals surface area contributed by atoms with Gasteiger partial charge >= 0.3 is 0 Å². The second-order valence-corrected chi connectivity index (χ2v) is 3.79. The van der Waals surface area contributed by atoms with Crippen LogP contribution in [0.4, 0.5) is 0 Å². The minimum atomic E-state index is 0.411. The smallest absolute Gasteiger partial charge is 0.150 e. The Kier molecular flexibility index (Phi) is 3.72. The van der Waals surface area contributed by atoms with E-state index < -0.39 is 0 Å². The number of carbonyl (C=O) groups is 1. The van der Waals surface area contributed by atoms with E-state index in [0.29, 0.717) is 23.5 Å². The van der Waals surface area contributed by atoms with Crippen molar-refractivity contribution in [3.05, 3.63) is 65.2 Å². The average Bonchev–Trinajstić information content (AvgIpc) is 2.46. The molecule has 0 atom stereocenters. The fraction of sp³-hybridized carbons (Fsp3) is 0.0667. The highest BCUT2D eigenvalue weighted by molar-refractivity contribution is 5.75. The van der Waals surface area contributed by atoms with Gasteiger partial charge in [-0.15, -0.1) is 0 Å². The molecule has 0 heterocycles. The summed E-state index contributed by atoms with van der Waals surface area (Å²) >= 11 is 0. The maximum absolute atomic E-state index is 10.6. The summed E-state index contributed by atoms with van der Waals surface area (Å²) < 4.78 is 5.57. The molecule has 2 aromatic carbocycles. The van der Waals surface area contributed by atoms with E-state index in [9.17, 15) is 4.79 Å². The van der Waals surface area contributed by atoms with E-state index in [1.165, 1.54) is 0 Å². The second kappa shape index (κ2) is 5.65. The van der Waals surface area contributed by atoms with Crippen LogP contribution in [0, 0.1) is 11.3 Å². The van der Waals surface area contributed by atoms with Crippen molar-refractivity contribution >= 4 is 6.29 Å². The maximum Gasteiger partial charge on any atom is 0.150 e. The van der Waals surface area contributed by atoms with Gasteiger partial charge in [-0.1, -0.05) is 24.3 Å². The maximum atomic E-state index is 10.6. The van der Waals surface area contributed by atoms with E-state index in [1.54, 1.807) is 36.4 Å². The first-order chi connectivity index (χ1) is 8.81. The van der Waals surface area contributed by atoms with Crippen molar-refractivity contribution in [2.24, 2.45) is 0 Å². The molecule has 0 saturated carbocycles. The number of ether oxygens (including phenoxy) is 1. The number of benzene rings is 2. The number of hydrogen-bond acceptors (Lipinski definition) is 3. The van der Waals surface area contributed by atoms with Crippen molar-refractivity contribution in [1.82, 2.24) is 0 Å². The van der Waals surface area contributed by atoms with Crippen LogP contribution in [-0.4, -0.2) is 6.29 Å². The second-order valence-electron chi connectivity index (χ2n) is 3.79. The van der Waals surface area contributed by atoms with Crippen molar-refractivity contribution in [3.63, 3.8) is 0 Å². The molecule has 0 amide bonds. The molecule has 0 bridgehead atoms. The minimum Gasteiger partial charge on any atom is -0.489 e. The molecule has 0 saturated heterocycles. The molecule has 18 heavy (non-hydrogen) atoms. The van der Waals surface area contributed by atoms with Crippen LogP contribution >= 0.6 is 0 Å². The lowest BCUT2D eigenvalue weighted by Gasteiger charge is -2.06. The third kappa shape index (κ3) is 2.96. The molecule has 3 heteroatoms. The van der Waals surface area contributed by atoms with Gasteiger partial charge in [0.05, 0.1) is 11.6 Å². The first-order valence-corrected chi connectivity index (χ1v) is 5.49. The van der Waals surface area contributed by atoms with Crippen molar-refractivity contribution in [2.45, 2.75) is 6.61 Å². The topological polar surface area (TPSA) is 50.1 Å². The van der Waals surface area contributed by atoms with Crippen LogP contribution in [0.15, 0.2) is 48.5 Å². The Labute approximate surface area is 105 Å². The van der Waals surface area contributed by atoms with Gasteiger partial charge in [-0.25, -0.2) is 0 Å². The van der Waals surface area contributed by atoms with Gasteiger partial charge in [0.15, 0.2) is 0 Å². The zero-order valence-corrected chi connectivity index (χ0v) is 9.67. The highest BCUT2D eigenvalue weighted by Gasteiger charge is 1.98. The van der Waals surface area contributed by atoms with Gasteiger partial charge in [-0.2, -0.15) is 5.26 Å². The van der Waals surface area contributed by atoms with Crippen LogP contribution in [0.5, 0.6) is 5.75 Å². The van der Waals surface area contributed by atoms with E-state index in [0.717, 1.165) is 11.8 Å². The van der Waals surface area contributed by atoms with Crippen molar-refractivity contribution in [2.75, 3.05) is 0 Å². The number of rotatable bonds is 4. The summed E-state index contributed by atoms with van der Waals surface area (Å²) in [5, 5.41) is 8.68. The number of nitrogens with zero attached hydrogens (tertiary/aromatic N) is 1. The first-order valence-electron chi connectivity index (χ1n) is 5.49. The molecule has 0 fully saturated rings. The summed E-state index contributed by atoms with van der Waals surface area (Å²) in [6, 6.07) is 16.3. The molecule has 2 aromatic rings. The van der Waals surface area contributed by atoms with E-state index in [1.807, 2.05) is 12.1 Å². The zero-order valence-electron chi connectivity index (χ0n) is 9.67. The van der Waals surface area contributed by atoms with Crippen molar-refractivity contribution < 1.29 is 9.53 Å². The van der Waals surface area contributed by atoms with Gasteiger partial charge in [-0.05, 0) is 29.8 Å². The normalized spacial score (nSPS) is 9.50. The predicted molar refractivity (Wildman–Crippen MR) is 67.3 cm³/mol. The highest BCUT2D eigenvalue weighted by atomic mass is 16.5. The Bertz CT molecular complexity index is 582. The number of carbonyl (C=O) groups excluding carboxylic acids is 1. The Morgan fingerprint density at radius 3 is 2.61 bits per heavy atom. The van der Waals surface area contributed by atoms with Crippen LogP contribution in [0.3, 0.4) is 0 Å². The Morgan fingerprint density at radius 2 is 1.94 bits per heavy atom. The summed E-state index contributed by atoms with van der Waals surface area (Å²) in [6.45, 7) is 0.411. The van der Waals surface area contributed by atoms with Gasteiger partial charge in [0, 0.05) is 5.56 Å². The van der Waals surface area contributed by atoms with Crippen LogP contribution in [0.1, 0.15) is 21.5 Å². The molecule has 0 aliphatic carbocycles. The Hall–Kier alpha value is -2.60. The lowest BCUT2D eigenvalue weighted by Crippen LogP contribution is -1.95. The van der Waals surface area contributed by atoms with Gasteiger partial charge in [-0.3, -0.25) is 4.79 Å². The minimum absolute atomic E-state index is 0.411. The standard InChI is InChI=1S/C15H11NO2/c16-9-12-4-6-13(7-5-12)11-18-15-3-1-2-14(8-15)10-17/h1-8,10H,11H2. The SMILES string of the molecule is N#Cc1ccc(COc2cccc(C=O)c2)cc1. The van der Waals surface area contributed by atoms with Gasteiger partial charge in [0.2, 0.25) is 0 Å². The van der Waals surface area contributed by atoms with Gasteiger partial charge < -0.3 is 4.74 Å². The molecule has 0 aliphatic heterocycles. The molecule has 88 valence electrons. The van der Waals surface area contributed by atoms with Crippen LogP contribution in [0.25, 0.3) is 0 Å². The Morgan fingerprint density at radius 1 is 1.17 bits per heavy atom. The molecule has 3 nitrogen and oxygen atoms in total. The molecule has 2 rings (SSSR count). The molecular weight excluding hydrogens is 226 g/mol. The summed E-state index contributed by atoms with van der Waals surface area (Å²) in [5.41, 5.74) is 2.19. The largest absolute Gasteiger partial charge is 0.489 e. The lowest BCUT2D eigenvalue weighted by molar-refractivity contribution is 0.112. The average molecular weight is 237 g/mol. The quantitative estimate of drug-likeness (QED) is 0.768. The van der Waals surface area contributed by atoms with Crippen LogP contribution in [0.2, 0.25) is 0 Å². The fourth-order valence-corrected chi connectivity index (χ4v) is 1.52. The summed E-state index contributed by atoms with van der Waals surface area (Å²) in [5.74, 6) is 0.656. The lowest BCUT2D eigenvalue weighted by atomic mass is 10.1. The molecule has 0 spiro atoms. The zero-order chi connectivity index (χ0) is 12.8. The van der Waals surface area contributed by atoms with Crippen LogP contribution in [-0.2, 0) is 6.61 Å². The summed E-state index contributed by atoms with van der Waals surface area (Å²) in [4.78, 5) is 10.6. The highest BCUT2D eigenvalue weighted by Crippen LogP contribution is 2.14.